The van der Waals surface area contributed by atoms with Crippen LogP contribution in [0.4, 0.5) is 0 Å². The number of primary sulfonamides is 1. The largest absolute Gasteiger partial charge is 0.352 e. The molecule has 0 radical (unpaired) electrons. The van der Waals surface area contributed by atoms with E-state index in [2.05, 4.69) is 10.3 Å². The summed E-state index contributed by atoms with van der Waals surface area (Å²) in [5.74, 6) is -0.132. The van der Waals surface area contributed by atoms with Crippen LogP contribution < -0.4 is 10.5 Å². The monoisotopic (exact) mass is 372 g/mol. The first kappa shape index (κ1) is 18.1. The Hall–Kier alpha value is -2.71. The van der Waals surface area contributed by atoms with Crippen LogP contribution in [0.2, 0.25) is 0 Å². The number of fused-ring (bicyclic) bond motifs is 1. The van der Waals surface area contributed by atoms with Crippen LogP contribution in [0.3, 0.4) is 0 Å². The molecule has 0 saturated carbocycles. The third kappa shape index (κ3) is 3.76. The van der Waals surface area contributed by atoms with Crippen molar-refractivity contribution in [1.29, 1.82) is 0 Å². The average Bonchev–Trinajstić information content (AvgIpc) is 2.90. The summed E-state index contributed by atoms with van der Waals surface area (Å²) in [5.41, 5.74) is 4.37. The summed E-state index contributed by atoms with van der Waals surface area (Å²) in [5, 5.41) is 7.91. The first-order chi connectivity index (χ1) is 12.3. The number of hydrogen-bond donors (Lipinski definition) is 2. The molecule has 7 nitrogen and oxygen atoms in total. The fourth-order valence-corrected chi connectivity index (χ4v) is 3.31. The highest BCUT2D eigenvalue weighted by Gasteiger charge is 2.14. The summed E-state index contributed by atoms with van der Waals surface area (Å²) in [6.45, 7) is 4.18. The van der Waals surface area contributed by atoms with E-state index in [9.17, 15) is 13.2 Å². The average molecular weight is 372 g/mol. The van der Waals surface area contributed by atoms with Gasteiger partial charge in [-0.3, -0.25) is 4.79 Å². The van der Waals surface area contributed by atoms with E-state index in [1.54, 1.807) is 12.1 Å². The zero-order valence-electron chi connectivity index (χ0n) is 14.6. The van der Waals surface area contributed by atoms with Gasteiger partial charge < -0.3 is 9.72 Å². The number of nitrogens with zero attached hydrogens (tertiary/aromatic N) is 2. The van der Waals surface area contributed by atoms with Crippen LogP contribution in [-0.4, -0.2) is 23.7 Å². The van der Waals surface area contributed by atoms with Gasteiger partial charge in [0.05, 0.1) is 22.7 Å². The van der Waals surface area contributed by atoms with E-state index in [4.69, 9.17) is 5.14 Å². The van der Waals surface area contributed by atoms with Gasteiger partial charge in [0.15, 0.2) is 0 Å². The summed E-state index contributed by atoms with van der Waals surface area (Å²) in [7, 11) is -3.71. The number of amides is 1. The number of rotatable bonds is 5. The van der Waals surface area contributed by atoms with Crippen molar-refractivity contribution in [1.82, 2.24) is 14.7 Å². The number of benzene rings is 1. The number of carbonyl (C=O) groups excluding carboxylic acids is 1. The van der Waals surface area contributed by atoms with Gasteiger partial charge >= 0.3 is 0 Å². The van der Waals surface area contributed by atoms with Crippen molar-refractivity contribution in [3.8, 4) is 0 Å². The zero-order valence-corrected chi connectivity index (χ0v) is 15.4. The Morgan fingerprint density at radius 2 is 1.88 bits per heavy atom. The topological polar surface area (TPSA) is 107 Å². The van der Waals surface area contributed by atoms with E-state index in [0.717, 1.165) is 28.2 Å². The summed E-state index contributed by atoms with van der Waals surface area (Å²) in [6, 6.07) is 10.0. The molecule has 2 aromatic heterocycles. The Kier molecular flexibility index (Phi) is 4.80. The van der Waals surface area contributed by atoms with E-state index in [-0.39, 0.29) is 17.2 Å². The van der Waals surface area contributed by atoms with Crippen molar-refractivity contribution in [2.75, 3.05) is 0 Å². The highest BCUT2D eigenvalue weighted by atomic mass is 32.2. The van der Waals surface area contributed by atoms with E-state index >= 15 is 0 Å². The molecule has 0 aliphatic heterocycles. The van der Waals surface area contributed by atoms with Crippen molar-refractivity contribution in [3.05, 3.63) is 65.1 Å². The molecule has 3 rings (SSSR count). The summed E-state index contributed by atoms with van der Waals surface area (Å²) < 4.78 is 24.4. The van der Waals surface area contributed by atoms with Crippen LogP contribution in [0.15, 0.2) is 47.5 Å². The Labute approximate surface area is 151 Å². The maximum absolute atomic E-state index is 12.3. The third-order valence-electron chi connectivity index (χ3n) is 4.21. The van der Waals surface area contributed by atoms with Crippen LogP contribution in [-0.2, 0) is 27.8 Å². The lowest BCUT2D eigenvalue weighted by molar-refractivity contribution is -0.120. The number of sulfonamides is 1. The molecular formula is C18H20N4O3S. The van der Waals surface area contributed by atoms with Gasteiger partial charge in [-0.2, -0.15) is 0 Å². The molecule has 3 aromatic rings. The van der Waals surface area contributed by atoms with Crippen molar-refractivity contribution >= 4 is 21.6 Å². The number of hydrogen-bond acceptors (Lipinski definition) is 4. The Morgan fingerprint density at radius 1 is 1.19 bits per heavy atom. The molecule has 2 heterocycles. The molecule has 1 aromatic carbocycles. The number of nitrogens with one attached hydrogen (secondary N) is 1. The molecule has 8 heteroatoms. The number of imidazole rings is 1. The minimum Gasteiger partial charge on any atom is -0.352 e. The lowest BCUT2D eigenvalue weighted by Gasteiger charge is -2.07. The van der Waals surface area contributed by atoms with Crippen molar-refractivity contribution < 1.29 is 13.2 Å². The van der Waals surface area contributed by atoms with Crippen molar-refractivity contribution in [3.63, 3.8) is 0 Å². The molecule has 0 aliphatic rings. The minimum atomic E-state index is -3.71. The van der Waals surface area contributed by atoms with Crippen LogP contribution in [0, 0.1) is 13.8 Å². The summed E-state index contributed by atoms with van der Waals surface area (Å²) >= 11 is 0. The highest BCUT2D eigenvalue weighted by molar-refractivity contribution is 7.89. The fraction of sp³-hybridized carbons (Fsp3) is 0.222. The molecule has 3 N–H and O–H groups in total. The maximum atomic E-state index is 12.3. The minimum absolute atomic E-state index is 0.0456. The van der Waals surface area contributed by atoms with Crippen LogP contribution >= 0.6 is 0 Å². The van der Waals surface area contributed by atoms with Gasteiger partial charge in [0.2, 0.25) is 15.9 Å². The second kappa shape index (κ2) is 6.89. The maximum Gasteiger partial charge on any atom is 0.238 e. The first-order valence-electron chi connectivity index (χ1n) is 8.07. The molecular weight excluding hydrogens is 352 g/mol. The van der Waals surface area contributed by atoms with E-state index < -0.39 is 10.0 Å². The number of aryl methyl sites for hydroxylation is 2. The molecule has 0 aliphatic carbocycles. The molecule has 0 fully saturated rings. The normalized spacial score (nSPS) is 11.7. The first-order valence-corrected chi connectivity index (χ1v) is 9.62. The fourth-order valence-electron chi connectivity index (χ4n) is 2.79. The third-order valence-corrected chi connectivity index (χ3v) is 5.14. The van der Waals surface area contributed by atoms with Crippen LogP contribution in [0.25, 0.3) is 5.65 Å². The molecule has 26 heavy (non-hydrogen) atoms. The van der Waals surface area contributed by atoms with Gasteiger partial charge in [-0.1, -0.05) is 18.2 Å². The zero-order chi connectivity index (χ0) is 18.9. The molecule has 1 amide bonds. The standard InChI is InChI=1S/C18H20N4O3S/c1-12-4-3-9-22-16(13(2)21-18(12)22)10-17(23)20-11-14-5-7-15(8-6-14)26(19,24)25/h3-9H,10-11H2,1-2H3,(H,20,23)(H2,19,24,25). The molecule has 0 bridgehead atoms. The Morgan fingerprint density at radius 3 is 2.54 bits per heavy atom. The molecule has 0 saturated heterocycles. The molecule has 0 spiro atoms. The van der Waals surface area contributed by atoms with E-state index in [1.807, 2.05) is 36.6 Å². The van der Waals surface area contributed by atoms with Crippen LogP contribution in [0.1, 0.15) is 22.5 Å². The number of pyridine rings is 1. The number of aromatic nitrogens is 2. The highest BCUT2D eigenvalue weighted by Crippen LogP contribution is 2.16. The van der Waals surface area contributed by atoms with E-state index in [0.29, 0.717) is 6.54 Å². The number of carbonyl (C=O) groups is 1. The van der Waals surface area contributed by atoms with Gasteiger partial charge in [-0.25, -0.2) is 18.5 Å². The summed E-state index contributed by atoms with van der Waals surface area (Å²) in [6.07, 6.45) is 2.11. The van der Waals surface area contributed by atoms with E-state index in [1.165, 1.54) is 12.1 Å². The summed E-state index contributed by atoms with van der Waals surface area (Å²) in [4.78, 5) is 16.9. The van der Waals surface area contributed by atoms with Crippen molar-refractivity contribution in [2.24, 2.45) is 5.14 Å². The molecule has 136 valence electrons. The van der Waals surface area contributed by atoms with Gasteiger partial charge in [-0.15, -0.1) is 0 Å². The second-order valence-corrected chi connectivity index (χ2v) is 7.73. The predicted octanol–water partition coefficient (Wildman–Crippen LogP) is 1.46. The molecule has 0 unspecified atom stereocenters. The van der Waals surface area contributed by atoms with Gasteiger partial charge in [0.1, 0.15) is 5.65 Å². The van der Waals surface area contributed by atoms with Gasteiger partial charge in [-0.05, 0) is 43.2 Å². The predicted molar refractivity (Wildman–Crippen MR) is 98.0 cm³/mol. The van der Waals surface area contributed by atoms with Gasteiger partial charge in [0, 0.05) is 12.7 Å². The quantitative estimate of drug-likeness (QED) is 0.707. The lowest BCUT2D eigenvalue weighted by Crippen LogP contribution is -2.25. The van der Waals surface area contributed by atoms with Crippen molar-refractivity contribution in [2.45, 2.75) is 31.7 Å². The smallest absolute Gasteiger partial charge is 0.238 e. The number of nitrogens with two attached hydrogens (primary N) is 1. The molecule has 0 atom stereocenters. The van der Waals surface area contributed by atoms with Crippen LogP contribution in [0.5, 0.6) is 0 Å². The second-order valence-electron chi connectivity index (χ2n) is 6.17. The lowest BCUT2D eigenvalue weighted by atomic mass is 10.2. The van der Waals surface area contributed by atoms with Gasteiger partial charge in [0.25, 0.3) is 0 Å². The Balaban J connectivity index is 1.68. The Bertz CT molecular complexity index is 1070. The SMILES string of the molecule is Cc1nc2c(C)cccn2c1CC(=O)NCc1ccc(S(N)(=O)=O)cc1.